The van der Waals surface area contributed by atoms with Crippen LogP contribution in [0.25, 0.3) is 55.3 Å². The highest BCUT2D eigenvalue weighted by Gasteiger charge is 2.43. The van der Waals surface area contributed by atoms with Crippen LogP contribution in [0.2, 0.25) is 0 Å². The van der Waals surface area contributed by atoms with Gasteiger partial charge in [0.25, 0.3) is 0 Å². The number of hydrogen-bond acceptors (Lipinski definition) is 0. The molecule has 240 valence electrons. The Kier molecular flexibility index (Phi) is 7.12. The molecule has 0 aliphatic heterocycles. The standard InChI is InChI=1S/C48H48/c1-8-47(9-2)42-27-34(33-17-16-31-14-12-13-15-32(31)26-33)18-22-38(42)39-23-19-35(28-43(39)47)36-20-24-40-41-25-21-37(46(5,6)7)30-45(41)48(10-3,11-4)44(40)29-36/h12-30H,8-11H2,1-7H3. The molecular weight excluding hydrogens is 577 g/mol. The van der Waals surface area contributed by atoms with E-state index < -0.39 is 0 Å². The van der Waals surface area contributed by atoms with Crippen molar-refractivity contribution in [3.8, 4) is 44.5 Å². The average Bonchev–Trinajstić information content (AvgIpc) is 3.56. The molecule has 6 aromatic rings. The zero-order valence-corrected chi connectivity index (χ0v) is 29.8. The van der Waals surface area contributed by atoms with E-state index in [1.165, 1.54) is 83.1 Å². The molecule has 2 aliphatic carbocycles. The lowest BCUT2D eigenvalue weighted by Crippen LogP contribution is -2.24. The van der Waals surface area contributed by atoms with Crippen LogP contribution in [-0.2, 0) is 16.2 Å². The minimum Gasteiger partial charge on any atom is -0.0642 e. The SMILES string of the molecule is CCC1(CC)c2cc(-c3ccc4c(c3)C(CC)(CC)c3cc(C(C)(C)C)ccc3-4)ccc2-c2ccc(-c3ccc4ccccc4c3)cc21. The molecule has 0 heteroatoms. The lowest BCUT2D eigenvalue weighted by atomic mass is 9.72. The summed E-state index contributed by atoms with van der Waals surface area (Å²) in [4.78, 5) is 0. The molecule has 8 rings (SSSR count). The number of benzene rings is 6. The Morgan fingerprint density at radius 2 is 0.771 bits per heavy atom. The summed E-state index contributed by atoms with van der Waals surface area (Å²) in [6.07, 6.45) is 4.37. The second-order valence-corrected chi connectivity index (χ2v) is 15.4. The van der Waals surface area contributed by atoms with Gasteiger partial charge in [-0.3, -0.25) is 0 Å². The average molecular weight is 625 g/mol. The molecule has 0 atom stereocenters. The Hall–Kier alpha value is -4.42. The van der Waals surface area contributed by atoms with E-state index in [1.54, 1.807) is 0 Å². The fourth-order valence-corrected chi connectivity index (χ4v) is 9.39. The zero-order valence-electron chi connectivity index (χ0n) is 29.8. The van der Waals surface area contributed by atoms with Crippen LogP contribution in [0.3, 0.4) is 0 Å². The van der Waals surface area contributed by atoms with Crippen LogP contribution < -0.4 is 0 Å². The Bertz CT molecular complexity index is 2210. The van der Waals surface area contributed by atoms with Gasteiger partial charge in [0.05, 0.1) is 0 Å². The highest BCUT2D eigenvalue weighted by Crippen LogP contribution is 2.56. The van der Waals surface area contributed by atoms with Gasteiger partial charge in [-0.05, 0) is 138 Å². The summed E-state index contributed by atoms with van der Waals surface area (Å²) in [6.45, 7) is 16.5. The van der Waals surface area contributed by atoms with Crippen molar-refractivity contribution in [3.05, 3.63) is 143 Å². The smallest absolute Gasteiger partial charge is 0.0210 e. The summed E-state index contributed by atoms with van der Waals surface area (Å²) >= 11 is 0. The molecule has 0 saturated heterocycles. The molecule has 0 N–H and O–H groups in total. The molecule has 0 amide bonds. The second-order valence-electron chi connectivity index (χ2n) is 15.4. The maximum absolute atomic E-state index is 2.54. The summed E-state index contributed by atoms with van der Waals surface area (Å²) in [5.41, 5.74) is 18.5. The molecule has 0 spiro atoms. The van der Waals surface area contributed by atoms with Gasteiger partial charge in [-0.1, -0.05) is 139 Å². The third-order valence-corrected chi connectivity index (χ3v) is 12.4. The van der Waals surface area contributed by atoms with Crippen molar-refractivity contribution in [2.45, 2.75) is 90.4 Å². The third-order valence-electron chi connectivity index (χ3n) is 12.4. The van der Waals surface area contributed by atoms with Gasteiger partial charge < -0.3 is 0 Å². The van der Waals surface area contributed by atoms with E-state index >= 15 is 0 Å². The van der Waals surface area contributed by atoms with Crippen molar-refractivity contribution in [2.24, 2.45) is 0 Å². The van der Waals surface area contributed by atoms with Gasteiger partial charge in [0.2, 0.25) is 0 Å². The molecule has 6 aromatic carbocycles. The molecule has 48 heavy (non-hydrogen) atoms. The van der Waals surface area contributed by atoms with Crippen LogP contribution in [0.5, 0.6) is 0 Å². The van der Waals surface area contributed by atoms with Gasteiger partial charge >= 0.3 is 0 Å². The van der Waals surface area contributed by atoms with E-state index in [0.29, 0.717) is 0 Å². The summed E-state index contributed by atoms with van der Waals surface area (Å²) in [5.74, 6) is 0. The van der Waals surface area contributed by atoms with Crippen molar-refractivity contribution in [2.75, 3.05) is 0 Å². The van der Waals surface area contributed by atoms with Crippen molar-refractivity contribution < 1.29 is 0 Å². The van der Waals surface area contributed by atoms with Gasteiger partial charge in [0, 0.05) is 10.8 Å². The Labute approximate surface area is 287 Å². The molecule has 0 aromatic heterocycles. The summed E-state index contributed by atoms with van der Waals surface area (Å²) < 4.78 is 0. The molecular formula is C48H48. The molecule has 0 saturated carbocycles. The molecule has 0 fully saturated rings. The topological polar surface area (TPSA) is 0 Å². The Morgan fingerprint density at radius 3 is 1.21 bits per heavy atom. The Balaban J connectivity index is 1.23. The van der Waals surface area contributed by atoms with Crippen LogP contribution in [0.15, 0.2) is 115 Å². The molecule has 0 radical (unpaired) electrons. The predicted molar refractivity (Wildman–Crippen MR) is 207 cm³/mol. The molecule has 0 bridgehead atoms. The van der Waals surface area contributed by atoms with Gasteiger partial charge in [0.1, 0.15) is 0 Å². The third kappa shape index (κ3) is 4.34. The van der Waals surface area contributed by atoms with Crippen LogP contribution in [0.4, 0.5) is 0 Å². The molecule has 0 unspecified atom stereocenters. The van der Waals surface area contributed by atoms with E-state index in [4.69, 9.17) is 0 Å². The minimum absolute atomic E-state index is 0.000447. The van der Waals surface area contributed by atoms with E-state index in [2.05, 4.69) is 164 Å². The maximum atomic E-state index is 2.54. The van der Waals surface area contributed by atoms with Crippen molar-refractivity contribution in [3.63, 3.8) is 0 Å². The van der Waals surface area contributed by atoms with E-state index in [1.807, 2.05) is 0 Å². The van der Waals surface area contributed by atoms with E-state index in [9.17, 15) is 0 Å². The second kappa shape index (κ2) is 11.1. The van der Waals surface area contributed by atoms with Crippen molar-refractivity contribution in [1.29, 1.82) is 0 Å². The highest BCUT2D eigenvalue weighted by atomic mass is 14.5. The first kappa shape index (κ1) is 30.9. The predicted octanol–water partition coefficient (Wildman–Crippen LogP) is 13.6. The lowest BCUT2D eigenvalue weighted by molar-refractivity contribution is 0.488. The highest BCUT2D eigenvalue weighted by molar-refractivity contribution is 5.90. The largest absolute Gasteiger partial charge is 0.0642 e. The van der Waals surface area contributed by atoms with Crippen LogP contribution >= 0.6 is 0 Å². The number of hydrogen-bond donors (Lipinski definition) is 0. The fraction of sp³-hybridized carbons (Fsp3) is 0.292. The fourth-order valence-electron chi connectivity index (χ4n) is 9.39. The van der Waals surface area contributed by atoms with Crippen LogP contribution in [-0.4, -0.2) is 0 Å². The normalized spacial score (nSPS) is 15.2. The van der Waals surface area contributed by atoms with Gasteiger partial charge in [-0.25, -0.2) is 0 Å². The van der Waals surface area contributed by atoms with Gasteiger partial charge in [0.15, 0.2) is 0 Å². The first-order valence-electron chi connectivity index (χ1n) is 18.3. The van der Waals surface area contributed by atoms with E-state index in [-0.39, 0.29) is 16.2 Å². The summed E-state index contributed by atoms with van der Waals surface area (Å²) in [7, 11) is 0. The zero-order chi connectivity index (χ0) is 33.4. The van der Waals surface area contributed by atoms with Crippen molar-refractivity contribution in [1.82, 2.24) is 0 Å². The molecule has 0 heterocycles. The minimum atomic E-state index is 0.000447. The number of rotatable bonds is 6. The van der Waals surface area contributed by atoms with Crippen LogP contribution in [0, 0.1) is 0 Å². The van der Waals surface area contributed by atoms with Gasteiger partial charge in [-0.15, -0.1) is 0 Å². The molecule has 0 nitrogen and oxygen atoms in total. The first-order valence-corrected chi connectivity index (χ1v) is 18.3. The summed E-state index contributed by atoms with van der Waals surface area (Å²) in [5, 5.41) is 2.59. The van der Waals surface area contributed by atoms with Crippen molar-refractivity contribution >= 4 is 10.8 Å². The summed E-state index contributed by atoms with van der Waals surface area (Å²) in [6, 6.07) is 44.7. The first-order chi connectivity index (χ1) is 23.2. The molecule has 2 aliphatic rings. The quantitative estimate of drug-likeness (QED) is 0.173. The number of fused-ring (bicyclic) bond motifs is 7. The Morgan fingerprint density at radius 1 is 0.396 bits per heavy atom. The monoisotopic (exact) mass is 624 g/mol. The van der Waals surface area contributed by atoms with Gasteiger partial charge in [-0.2, -0.15) is 0 Å². The lowest BCUT2D eigenvalue weighted by Gasteiger charge is -2.31. The van der Waals surface area contributed by atoms with Crippen LogP contribution in [0.1, 0.15) is 102 Å². The van der Waals surface area contributed by atoms with E-state index in [0.717, 1.165) is 25.7 Å². The maximum Gasteiger partial charge on any atom is 0.0210 e.